The summed E-state index contributed by atoms with van der Waals surface area (Å²) in [5.41, 5.74) is 7.00. The van der Waals surface area contributed by atoms with Gasteiger partial charge in [-0.25, -0.2) is 0 Å². The Balaban J connectivity index is 2.00. The van der Waals surface area contributed by atoms with Gasteiger partial charge in [0, 0.05) is 7.05 Å². The number of amides is 2. The molecule has 0 bridgehead atoms. The third kappa shape index (κ3) is 5.00. The number of methoxy groups -OCH3 is 1. The zero-order valence-electron chi connectivity index (χ0n) is 15.7. The van der Waals surface area contributed by atoms with E-state index in [1.165, 1.54) is 4.68 Å². The molecule has 1 aromatic carbocycles. The van der Waals surface area contributed by atoms with Gasteiger partial charge in [-0.15, -0.1) is 0 Å². The zero-order valence-corrected chi connectivity index (χ0v) is 17.3. The maximum absolute atomic E-state index is 12.4. The molecule has 146 valence electrons. The highest BCUT2D eigenvalue weighted by Crippen LogP contribution is 2.24. The number of nitrogens with two attached hydrogens (primary N) is 1. The van der Waals surface area contributed by atoms with Crippen LogP contribution in [0.3, 0.4) is 0 Å². The lowest BCUT2D eigenvalue weighted by molar-refractivity contribution is -0.121. The van der Waals surface area contributed by atoms with Gasteiger partial charge in [0.05, 0.1) is 19.7 Å². The average molecular weight is 438 g/mol. The summed E-state index contributed by atoms with van der Waals surface area (Å²) in [6.45, 7) is 3.86. The maximum Gasteiger partial charge on any atom is 0.258 e. The monoisotopic (exact) mass is 437 g/mol. The molecule has 0 saturated heterocycles. The molecule has 1 heterocycles. The van der Waals surface area contributed by atoms with Crippen molar-refractivity contribution in [1.82, 2.24) is 20.4 Å². The van der Waals surface area contributed by atoms with E-state index in [0.29, 0.717) is 4.60 Å². The Labute approximate surface area is 166 Å². The lowest BCUT2D eigenvalue weighted by atomic mass is 9.96. The minimum Gasteiger partial charge on any atom is -0.497 e. The van der Waals surface area contributed by atoms with Crippen molar-refractivity contribution in [3.63, 3.8) is 0 Å². The molecular weight excluding hydrogens is 414 g/mol. The van der Waals surface area contributed by atoms with Crippen LogP contribution >= 0.6 is 15.9 Å². The first kappa shape index (κ1) is 20.8. The first-order valence-corrected chi connectivity index (χ1v) is 9.23. The van der Waals surface area contributed by atoms with Crippen LogP contribution in [0.1, 0.15) is 35.8 Å². The van der Waals surface area contributed by atoms with Gasteiger partial charge in [0.25, 0.3) is 5.91 Å². The predicted octanol–water partition coefficient (Wildman–Crippen LogP) is 2.02. The molecule has 1 aromatic heterocycles. The van der Waals surface area contributed by atoms with Gasteiger partial charge in [0.15, 0.2) is 0 Å². The molecule has 4 N–H and O–H groups in total. The van der Waals surface area contributed by atoms with Crippen LogP contribution in [-0.4, -0.2) is 35.2 Å². The van der Waals surface area contributed by atoms with Crippen LogP contribution in [0.4, 0.5) is 5.82 Å². The number of nitrogens with zero attached hydrogens (tertiary/aromatic N) is 2. The van der Waals surface area contributed by atoms with Gasteiger partial charge in [-0.2, -0.15) is 5.10 Å². The van der Waals surface area contributed by atoms with Crippen molar-refractivity contribution in [2.45, 2.75) is 19.9 Å². The smallest absolute Gasteiger partial charge is 0.258 e. The van der Waals surface area contributed by atoms with Crippen LogP contribution in [-0.2, 0) is 11.8 Å². The normalized spacial score (nSPS) is 11.9. The van der Waals surface area contributed by atoms with E-state index >= 15 is 0 Å². The molecule has 9 heteroatoms. The largest absolute Gasteiger partial charge is 0.497 e. The highest BCUT2D eigenvalue weighted by atomic mass is 79.9. The number of benzene rings is 1. The van der Waals surface area contributed by atoms with E-state index in [0.717, 1.165) is 11.3 Å². The van der Waals surface area contributed by atoms with Gasteiger partial charge in [-0.3, -0.25) is 14.3 Å². The number of hydrogen-bond acceptors (Lipinski definition) is 5. The molecule has 2 rings (SSSR count). The standard InChI is InChI=1S/C18H24BrN5O3/c1-10(2)15(11-5-7-12(27-4)8-6-11)22-13(25)9-21-18(26)14-16(19)23-24(3)17(14)20/h5-8,10,15H,9,20H2,1-4H3,(H,21,26)(H,22,25). The first-order chi connectivity index (χ1) is 12.7. The Morgan fingerprint density at radius 3 is 2.41 bits per heavy atom. The number of aromatic nitrogens is 2. The van der Waals surface area contributed by atoms with Crippen LogP contribution in [0, 0.1) is 5.92 Å². The van der Waals surface area contributed by atoms with Crippen molar-refractivity contribution in [1.29, 1.82) is 0 Å². The number of aryl methyl sites for hydroxylation is 1. The number of nitrogens with one attached hydrogen (secondary N) is 2. The highest BCUT2D eigenvalue weighted by Gasteiger charge is 2.22. The molecule has 2 aromatic rings. The van der Waals surface area contributed by atoms with Crippen LogP contribution in [0.5, 0.6) is 5.75 Å². The molecule has 0 aliphatic carbocycles. The van der Waals surface area contributed by atoms with Crippen LogP contribution in [0.15, 0.2) is 28.9 Å². The second-order valence-electron chi connectivity index (χ2n) is 6.42. The van der Waals surface area contributed by atoms with Crippen LogP contribution in [0.2, 0.25) is 0 Å². The number of rotatable bonds is 7. The second-order valence-corrected chi connectivity index (χ2v) is 7.17. The minimum absolute atomic E-state index is 0.168. The predicted molar refractivity (Wildman–Crippen MR) is 106 cm³/mol. The third-order valence-electron chi connectivity index (χ3n) is 4.14. The number of hydrogen-bond donors (Lipinski definition) is 3. The maximum atomic E-state index is 12.4. The van der Waals surface area contributed by atoms with Gasteiger partial charge in [0.2, 0.25) is 5.91 Å². The average Bonchev–Trinajstić information content (AvgIpc) is 2.89. The minimum atomic E-state index is -0.465. The highest BCUT2D eigenvalue weighted by molar-refractivity contribution is 9.10. The van der Waals surface area contributed by atoms with Crippen molar-refractivity contribution < 1.29 is 14.3 Å². The summed E-state index contributed by atoms with van der Waals surface area (Å²) in [5.74, 6) is 0.378. The number of ether oxygens (including phenoxy) is 1. The van der Waals surface area contributed by atoms with Crippen LogP contribution < -0.4 is 21.1 Å². The molecule has 1 unspecified atom stereocenters. The Bertz CT molecular complexity index is 817. The quantitative estimate of drug-likeness (QED) is 0.613. The fraction of sp³-hybridized carbons (Fsp3) is 0.389. The molecule has 0 fully saturated rings. The van der Waals surface area contributed by atoms with E-state index in [1.807, 2.05) is 38.1 Å². The topological polar surface area (TPSA) is 111 Å². The van der Waals surface area contributed by atoms with E-state index in [-0.39, 0.29) is 35.8 Å². The van der Waals surface area contributed by atoms with Gasteiger partial charge in [-0.1, -0.05) is 26.0 Å². The first-order valence-electron chi connectivity index (χ1n) is 8.44. The number of halogens is 1. The van der Waals surface area contributed by atoms with Gasteiger partial charge >= 0.3 is 0 Å². The van der Waals surface area contributed by atoms with Gasteiger partial charge in [-0.05, 0) is 39.5 Å². The molecule has 1 atom stereocenters. The Hall–Kier alpha value is -2.55. The molecule has 8 nitrogen and oxygen atoms in total. The molecule has 27 heavy (non-hydrogen) atoms. The Morgan fingerprint density at radius 1 is 1.30 bits per heavy atom. The Morgan fingerprint density at radius 2 is 1.93 bits per heavy atom. The lowest BCUT2D eigenvalue weighted by Crippen LogP contribution is -2.40. The summed E-state index contributed by atoms with van der Waals surface area (Å²) in [4.78, 5) is 24.6. The van der Waals surface area contributed by atoms with E-state index in [1.54, 1.807) is 14.2 Å². The van der Waals surface area contributed by atoms with Gasteiger partial charge < -0.3 is 21.1 Å². The molecule has 0 spiro atoms. The molecule has 0 radical (unpaired) electrons. The molecular formula is C18H24BrN5O3. The SMILES string of the molecule is COc1ccc(C(NC(=O)CNC(=O)c2c(Br)nn(C)c2N)C(C)C)cc1. The summed E-state index contributed by atoms with van der Waals surface area (Å²) in [7, 11) is 3.23. The summed E-state index contributed by atoms with van der Waals surface area (Å²) >= 11 is 3.19. The van der Waals surface area contributed by atoms with Gasteiger partial charge in [0.1, 0.15) is 21.7 Å². The Kier molecular flexibility index (Phi) is 6.84. The second kappa shape index (κ2) is 8.90. The lowest BCUT2D eigenvalue weighted by Gasteiger charge is -2.23. The summed E-state index contributed by atoms with van der Waals surface area (Å²) < 4.78 is 6.88. The molecule has 2 amide bonds. The number of carbonyl (C=O) groups is 2. The van der Waals surface area contributed by atoms with E-state index in [9.17, 15) is 9.59 Å². The van der Waals surface area contributed by atoms with E-state index in [4.69, 9.17) is 10.5 Å². The summed E-state index contributed by atoms with van der Waals surface area (Å²) in [6.07, 6.45) is 0. The fourth-order valence-electron chi connectivity index (χ4n) is 2.63. The number of nitrogen functional groups attached to an aromatic ring is 1. The molecule has 0 aliphatic heterocycles. The zero-order chi connectivity index (χ0) is 20.1. The third-order valence-corrected chi connectivity index (χ3v) is 4.70. The number of anilines is 1. The summed E-state index contributed by atoms with van der Waals surface area (Å²) in [6, 6.07) is 7.34. The summed E-state index contributed by atoms with van der Waals surface area (Å²) in [5, 5.41) is 9.55. The van der Waals surface area contributed by atoms with E-state index in [2.05, 4.69) is 31.7 Å². The van der Waals surface area contributed by atoms with Crippen molar-refractivity contribution in [3.05, 3.63) is 40.0 Å². The number of carbonyl (C=O) groups excluding carboxylic acids is 2. The van der Waals surface area contributed by atoms with Crippen molar-refractivity contribution in [2.24, 2.45) is 13.0 Å². The molecule has 0 aliphatic rings. The van der Waals surface area contributed by atoms with Crippen molar-refractivity contribution in [3.8, 4) is 5.75 Å². The molecule has 0 saturated carbocycles. The fourth-order valence-corrected chi connectivity index (χ4v) is 3.25. The van der Waals surface area contributed by atoms with Crippen LogP contribution in [0.25, 0.3) is 0 Å². The van der Waals surface area contributed by atoms with E-state index < -0.39 is 5.91 Å². The van der Waals surface area contributed by atoms with Crippen molar-refractivity contribution in [2.75, 3.05) is 19.4 Å². The van der Waals surface area contributed by atoms with Crippen molar-refractivity contribution >= 4 is 33.6 Å².